The van der Waals surface area contributed by atoms with Gasteiger partial charge in [-0.15, -0.1) is 0 Å². The van der Waals surface area contributed by atoms with Crippen LogP contribution in [0.4, 0.5) is 0 Å². The largest absolute Gasteiger partial charge is 0.339 e. The molecule has 2 atom stereocenters. The van der Waals surface area contributed by atoms with Crippen LogP contribution in [0.5, 0.6) is 0 Å². The first kappa shape index (κ1) is 19.8. The minimum Gasteiger partial charge on any atom is -0.339 e. The number of carbonyl (C=O) groups excluding carboxylic acids is 2. The van der Waals surface area contributed by atoms with Gasteiger partial charge in [0.15, 0.2) is 0 Å². The topological polar surface area (TPSA) is 77.6 Å². The number of nitrogens with zero attached hydrogens (tertiary/aromatic N) is 3. The quantitative estimate of drug-likeness (QED) is 0.795. The highest BCUT2D eigenvalue weighted by Gasteiger charge is 2.34. The Hall–Kier alpha value is -2.48. The second-order valence-corrected chi connectivity index (χ2v) is 7.86. The van der Waals surface area contributed by atoms with Crippen LogP contribution in [-0.4, -0.2) is 58.8 Å². The Kier molecular flexibility index (Phi) is 6.08. The number of carbonyl (C=O) groups is 2. The standard InChI is InChI=1S/C21H24ClN5O2/c22-17-5-3-15(4-6-17)12-20(28)26-8-10-27(11-9-26)21(29)19-13-18(24-25-19)16-2-1-7-23-14-16/h1-7,14,18-19,24-25H,8-13H2. The molecule has 2 aliphatic rings. The van der Waals surface area contributed by atoms with E-state index >= 15 is 0 Å². The zero-order valence-electron chi connectivity index (χ0n) is 16.1. The fraction of sp³-hybridized carbons (Fsp3) is 0.381. The van der Waals surface area contributed by atoms with Crippen LogP contribution in [0.25, 0.3) is 0 Å². The fourth-order valence-corrected chi connectivity index (χ4v) is 3.93. The van der Waals surface area contributed by atoms with Gasteiger partial charge >= 0.3 is 0 Å². The molecule has 152 valence electrons. The van der Waals surface area contributed by atoms with Crippen molar-refractivity contribution in [3.05, 3.63) is 64.9 Å². The van der Waals surface area contributed by atoms with Crippen molar-refractivity contribution in [3.8, 4) is 0 Å². The van der Waals surface area contributed by atoms with E-state index in [0.29, 0.717) is 44.0 Å². The molecule has 1 aromatic carbocycles. The van der Waals surface area contributed by atoms with E-state index < -0.39 is 0 Å². The molecule has 8 heteroatoms. The van der Waals surface area contributed by atoms with E-state index in [0.717, 1.165) is 11.1 Å². The molecule has 0 spiro atoms. The molecule has 2 amide bonds. The summed E-state index contributed by atoms with van der Waals surface area (Å²) in [6.07, 6.45) is 4.59. The lowest BCUT2D eigenvalue weighted by Crippen LogP contribution is -2.54. The number of hydrogen-bond donors (Lipinski definition) is 2. The normalized spacial score (nSPS) is 22.0. The number of amides is 2. The highest BCUT2D eigenvalue weighted by Crippen LogP contribution is 2.22. The summed E-state index contributed by atoms with van der Waals surface area (Å²) in [5, 5.41) is 0.661. The van der Waals surface area contributed by atoms with Gasteiger partial charge in [-0.2, -0.15) is 0 Å². The number of rotatable bonds is 4. The predicted molar refractivity (Wildman–Crippen MR) is 110 cm³/mol. The summed E-state index contributed by atoms with van der Waals surface area (Å²) >= 11 is 5.89. The van der Waals surface area contributed by atoms with Crippen LogP contribution in [0.15, 0.2) is 48.8 Å². The van der Waals surface area contributed by atoms with Crippen molar-refractivity contribution in [1.29, 1.82) is 0 Å². The molecule has 2 N–H and O–H groups in total. The van der Waals surface area contributed by atoms with E-state index in [-0.39, 0.29) is 23.9 Å². The molecular weight excluding hydrogens is 390 g/mol. The van der Waals surface area contributed by atoms with Crippen LogP contribution >= 0.6 is 11.6 Å². The van der Waals surface area contributed by atoms with E-state index in [1.807, 2.05) is 40.3 Å². The molecule has 0 saturated carbocycles. The Morgan fingerprint density at radius 2 is 1.76 bits per heavy atom. The zero-order valence-corrected chi connectivity index (χ0v) is 16.8. The first-order valence-electron chi connectivity index (χ1n) is 9.82. The van der Waals surface area contributed by atoms with E-state index in [1.165, 1.54) is 0 Å². The van der Waals surface area contributed by atoms with E-state index in [1.54, 1.807) is 18.3 Å². The molecule has 7 nitrogen and oxygen atoms in total. The van der Waals surface area contributed by atoms with Gasteiger partial charge in [0.2, 0.25) is 11.8 Å². The van der Waals surface area contributed by atoms with Crippen molar-refractivity contribution < 1.29 is 9.59 Å². The number of hydrazine groups is 1. The molecule has 2 unspecified atom stereocenters. The van der Waals surface area contributed by atoms with Crippen molar-refractivity contribution in [1.82, 2.24) is 25.6 Å². The highest BCUT2D eigenvalue weighted by molar-refractivity contribution is 6.30. The number of nitrogens with one attached hydrogen (secondary N) is 2. The number of halogens is 1. The first-order chi connectivity index (χ1) is 14.1. The van der Waals surface area contributed by atoms with Crippen molar-refractivity contribution in [2.45, 2.75) is 24.9 Å². The Morgan fingerprint density at radius 3 is 2.45 bits per heavy atom. The number of benzene rings is 1. The van der Waals surface area contributed by atoms with Crippen LogP contribution < -0.4 is 10.9 Å². The lowest BCUT2D eigenvalue weighted by Gasteiger charge is -2.36. The lowest BCUT2D eigenvalue weighted by molar-refractivity contribution is -0.140. The summed E-state index contributed by atoms with van der Waals surface area (Å²) < 4.78 is 0. The summed E-state index contributed by atoms with van der Waals surface area (Å²) in [5.74, 6) is 0.158. The van der Waals surface area contributed by atoms with Crippen molar-refractivity contribution in [3.63, 3.8) is 0 Å². The van der Waals surface area contributed by atoms with Gasteiger partial charge in [-0.3, -0.25) is 14.6 Å². The van der Waals surface area contributed by atoms with E-state index in [2.05, 4.69) is 15.8 Å². The third-order valence-electron chi connectivity index (χ3n) is 5.50. The third-order valence-corrected chi connectivity index (χ3v) is 5.75. The Bertz CT molecular complexity index is 853. The molecule has 2 saturated heterocycles. The number of pyridine rings is 1. The molecule has 3 heterocycles. The van der Waals surface area contributed by atoms with Crippen molar-refractivity contribution >= 4 is 23.4 Å². The smallest absolute Gasteiger partial charge is 0.241 e. The van der Waals surface area contributed by atoms with Gasteiger partial charge in [-0.1, -0.05) is 29.8 Å². The van der Waals surface area contributed by atoms with E-state index in [9.17, 15) is 9.59 Å². The number of hydrogen-bond acceptors (Lipinski definition) is 5. The summed E-state index contributed by atoms with van der Waals surface area (Å²) in [6, 6.07) is 11.0. The second kappa shape index (κ2) is 8.90. The number of aromatic nitrogens is 1. The second-order valence-electron chi connectivity index (χ2n) is 7.43. The summed E-state index contributed by atoms with van der Waals surface area (Å²) in [5.41, 5.74) is 8.31. The molecule has 29 heavy (non-hydrogen) atoms. The summed E-state index contributed by atoms with van der Waals surface area (Å²) in [7, 11) is 0. The molecule has 2 fully saturated rings. The predicted octanol–water partition coefficient (Wildman–Crippen LogP) is 1.56. The lowest BCUT2D eigenvalue weighted by atomic mass is 10.0. The fourth-order valence-electron chi connectivity index (χ4n) is 3.80. The molecule has 1 aromatic heterocycles. The molecule has 2 aliphatic heterocycles. The molecule has 0 radical (unpaired) electrons. The molecule has 0 aliphatic carbocycles. The highest BCUT2D eigenvalue weighted by atomic mass is 35.5. The number of piperazine rings is 1. The monoisotopic (exact) mass is 413 g/mol. The van der Waals surface area contributed by atoms with Crippen LogP contribution in [0.1, 0.15) is 23.6 Å². The molecule has 4 rings (SSSR count). The van der Waals surface area contributed by atoms with Crippen molar-refractivity contribution in [2.75, 3.05) is 26.2 Å². The average Bonchev–Trinajstić information content (AvgIpc) is 3.26. The van der Waals surface area contributed by atoms with Crippen LogP contribution in [0.3, 0.4) is 0 Å². The SMILES string of the molecule is O=C(Cc1ccc(Cl)cc1)N1CCN(C(=O)C2CC(c3cccnc3)NN2)CC1. The van der Waals surface area contributed by atoms with Gasteiger partial charge < -0.3 is 9.80 Å². The Morgan fingerprint density at radius 1 is 1.03 bits per heavy atom. The van der Waals surface area contributed by atoms with Crippen molar-refractivity contribution in [2.24, 2.45) is 0 Å². The van der Waals surface area contributed by atoms with Gasteiger partial charge in [-0.05, 0) is 35.7 Å². The molecular formula is C21H24ClN5O2. The first-order valence-corrected chi connectivity index (χ1v) is 10.2. The maximum atomic E-state index is 12.9. The van der Waals surface area contributed by atoms with Crippen LogP contribution in [-0.2, 0) is 16.0 Å². The van der Waals surface area contributed by atoms with Crippen LogP contribution in [0.2, 0.25) is 5.02 Å². The maximum Gasteiger partial charge on any atom is 0.241 e. The van der Waals surface area contributed by atoms with E-state index in [4.69, 9.17) is 11.6 Å². The molecule has 0 bridgehead atoms. The van der Waals surface area contributed by atoms with Gasteiger partial charge in [-0.25, -0.2) is 10.9 Å². The minimum atomic E-state index is -0.267. The average molecular weight is 414 g/mol. The maximum absolute atomic E-state index is 12.9. The summed E-state index contributed by atoms with van der Waals surface area (Å²) in [4.78, 5) is 33.2. The summed E-state index contributed by atoms with van der Waals surface area (Å²) in [6.45, 7) is 2.23. The van der Waals surface area contributed by atoms with Gasteiger partial charge in [0, 0.05) is 49.6 Å². The Balaban J connectivity index is 1.26. The molecule has 2 aromatic rings. The Labute approximate surface area is 175 Å². The van der Waals surface area contributed by atoms with Crippen LogP contribution in [0, 0.1) is 0 Å². The minimum absolute atomic E-state index is 0.0693. The van der Waals surface area contributed by atoms with Gasteiger partial charge in [0.25, 0.3) is 0 Å². The third kappa shape index (κ3) is 4.75. The zero-order chi connectivity index (χ0) is 20.2. The van der Waals surface area contributed by atoms with Gasteiger partial charge in [0.1, 0.15) is 6.04 Å². The van der Waals surface area contributed by atoms with Gasteiger partial charge in [0.05, 0.1) is 6.42 Å².